The minimum atomic E-state index is -0.320. The first-order valence-corrected chi connectivity index (χ1v) is 6.79. The zero-order valence-electron chi connectivity index (χ0n) is 13.1. The van der Waals surface area contributed by atoms with Crippen LogP contribution >= 0.6 is 0 Å². The van der Waals surface area contributed by atoms with E-state index in [1.54, 1.807) is 13.3 Å². The van der Waals surface area contributed by atoms with E-state index in [0.717, 1.165) is 11.0 Å². The lowest BCUT2D eigenvalue weighted by atomic mass is 9.78. The number of rotatable bonds is 3. The summed E-state index contributed by atoms with van der Waals surface area (Å²) in [5, 5.41) is 0. The molecule has 1 aliphatic rings. The molecule has 0 spiro atoms. The van der Waals surface area contributed by atoms with Crippen LogP contribution in [0, 0.1) is 0 Å². The molecule has 0 aromatic carbocycles. The molecule has 0 N–H and O–H groups in total. The molecule has 0 atom stereocenters. The summed E-state index contributed by atoms with van der Waals surface area (Å²) in [5.41, 5.74) is 1.41. The van der Waals surface area contributed by atoms with Crippen LogP contribution in [0.2, 0.25) is 0 Å². The lowest BCUT2D eigenvalue weighted by molar-refractivity contribution is 0.00578. The number of nitrogens with zero attached hydrogens (tertiary/aromatic N) is 1. The third-order valence-corrected chi connectivity index (χ3v) is 3.99. The van der Waals surface area contributed by atoms with Crippen molar-refractivity contribution >= 4 is 13.2 Å². The number of aromatic nitrogens is 1. The molecule has 0 aliphatic carbocycles. The highest BCUT2D eigenvalue weighted by Gasteiger charge is 2.51. The second kappa shape index (κ2) is 5.22. The summed E-state index contributed by atoms with van der Waals surface area (Å²) >= 11 is 0. The van der Waals surface area contributed by atoms with E-state index in [9.17, 15) is 0 Å². The molecule has 0 bridgehead atoms. The molecular formula is C15H22BNO3. The van der Waals surface area contributed by atoms with Gasteiger partial charge in [-0.05, 0) is 51.7 Å². The summed E-state index contributed by atoms with van der Waals surface area (Å²) < 4.78 is 17.2. The maximum Gasteiger partial charge on any atom is 0.490 e. The number of hydrogen-bond acceptors (Lipinski definition) is 4. The molecule has 1 aromatic heterocycles. The summed E-state index contributed by atoms with van der Waals surface area (Å²) in [6, 6.07) is 3.81. The molecule has 0 unspecified atom stereocenters. The normalized spacial score (nSPS) is 21.1. The van der Waals surface area contributed by atoms with E-state index in [2.05, 4.69) is 32.7 Å². The first-order chi connectivity index (χ1) is 9.25. The number of hydrogen-bond donors (Lipinski definition) is 0. The standard InChI is InChI=1S/C15H22BNO3/c1-11(9-12-7-8-17-13(10-12)18-6)16-19-14(2,3)15(4,5)20-16/h7-10H,1-6H3/b11-9+. The minimum absolute atomic E-state index is 0.317. The van der Waals surface area contributed by atoms with Gasteiger partial charge in [-0.1, -0.05) is 6.08 Å². The topological polar surface area (TPSA) is 40.6 Å². The SMILES string of the molecule is COc1cc(/C=C(\C)B2OC(C)(C)C(C)(C)O2)ccn1. The molecule has 0 radical (unpaired) electrons. The van der Waals surface area contributed by atoms with Crippen LogP contribution in [0.1, 0.15) is 40.2 Å². The maximum absolute atomic E-state index is 6.02. The van der Waals surface area contributed by atoms with Gasteiger partial charge in [-0.2, -0.15) is 0 Å². The Bertz CT molecular complexity index is 510. The second-order valence-corrected chi connectivity index (χ2v) is 6.11. The van der Waals surface area contributed by atoms with E-state index in [1.165, 1.54) is 0 Å². The smallest absolute Gasteiger partial charge is 0.481 e. The van der Waals surface area contributed by atoms with Gasteiger partial charge in [0.1, 0.15) is 0 Å². The molecule has 2 rings (SSSR count). The first kappa shape index (κ1) is 15.1. The van der Waals surface area contributed by atoms with Crippen molar-refractivity contribution in [3.05, 3.63) is 29.4 Å². The van der Waals surface area contributed by atoms with Crippen molar-refractivity contribution in [3.63, 3.8) is 0 Å². The molecule has 1 aliphatic heterocycles. The molecule has 20 heavy (non-hydrogen) atoms. The molecular weight excluding hydrogens is 253 g/mol. The van der Waals surface area contributed by atoms with E-state index in [1.807, 2.05) is 25.1 Å². The molecule has 2 heterocycles. The van der Waals surface area contributed by atoms with Crippen LogP contribution in [0.3, 0.4) is 0 Å². The van der Waals surface area contributed by atoms with Gasteiger partial charge in [0.15, 0.2) is 0 Å². The molecule has 1 fully saturated rings. The van der Waals surface area contributed by atoms with Crippen molar-refractivity contribution in [2.24, 2.45) is 0 Å². The highest BCUT2D eigenvalue weighted by atomic mass is 16.7. The van der Waals surface area contributed by atoms with Crippen LogP contribution in [-0.4, -0.2) is 30.4 Å². The van der Waals surface area contributed by atoms with Gasteiger partial charge in [0.2, 0.25) is 5.88 Å². The van der Waals surface area contributed by atoms with Gasteiger partial charge in [0.25, 0.3) is 0 Å². The number of pyridine rings is 1. The molecule has 5 heteroatoms. The van der Waals surface area contributed by atoms with Crippen molar-refractivity contribution in [3.8, 4) is 5.88 Å². The summed E-state index contributed by atoms with van der Waals surface area (Å²) in [6.45, 7) is 10.2. The molecule has 1 aromatic rings. The van der Waals surface area contributed by atoms with Gasteiger partial charge in [0, 0.05) is 12.3 Å². The van der Waals surface area contributed by atoms with E-state index in [0.29, 0.717) is 5.88 Å². The van der Waals surface area contributed by atoms with Crippen molar-refractivity contribution in [2.75, 3.05) is 7.11 Å². The Morgan fingerprint density at radius 3 is 2.40 bits per heavy atom. The summed E-state index contributed by atoms with van der Waals surface area (Å²) in [5.74, 6) is 0.598. The monoisotopic (exact) mass is 275 g/mol. The van der Waals surface area contributed by atoms with Crippen LogP contribution in [0.25, 0.3) is 6.08 Å². The number of ether oxygens (including phenoxy) is 1. The quantitative estimate of drug-likeness (QED) is 0.795. The van der Waals surface area contributed by atoms with E-state index < -0.39 is 0 Å². The first-order valence-electron chi connectivity index (χ1n) is 6.79. The fraction of sp³-hybridized carbons (Fsp3) is 0.533. The van der Waals surface area contributed by atoms with Crippen LogP contribution in [0.5, 0.6) is 5.88 Å². The van der Waals surface area contributed by atoms with Crippen molar-refractivity contribution < 1.29 is 14.0 Å². The number of allylic oxidation sites excluding steroid dienone is 1. The average molecular weight is 275 g/mol. The van der Waals surface area contributed by atoms with E-state index >= 15 is 0 Å². The fourth-order valence-electron chi connectivity index (χ4n) is 1.99. The summed E-state index contributed by atoms with van der Waals surface area (Å²) in [7, 11) is 1.29. The van der Waals surface area contributed by atoms with Gasteiger partial charge in [0.05, 0.1) is 18.3 Å². The Morgan fingerprint density at radius 2 is 1.85 bits per heavy atom. The summed E-state index contributed by atoms with van der Waals surface area (Å²) in [4.78, 5) is 4.09. The lowest BCUT2D eigenvalue weighted by Crippen LogP contribution is -2.41. The molecule has 0 saturated carbocycles. The lowest BCUT2D eigenvalue weighted by Gasteiger charge is -2.32. The second-order valence-electron chi connectivity index (χ2n) is 6.11. The predicted molar refractivity (Wildman–Crippen MR) is 80.5 cm³/mol. The predicted octanol–water partition coefficient (Wildman–Crippen LogP) is 3.12. The highest BCUT2D eigenvalue weighted by molar-refractivity contribution is 6.55. The Morgan fingerprint density at radius 1 is 1.25 bits per heavy atom. The third kappa shape index (κ3) is 2.89. The van der Waals surface area contributed by atoms with Crippen LogP contribution in [0.4, 0.5) is 0 Å². The Labute approximate surface area is 121 Å². The molecule has 1 saturated heterocycles. The van der Waals surface area contributed by atoms with Crippen molar-refractivity contribution in [2.45, 2.75) is 45.8 Å². The van der Waals surface area contributed by atoms with E-state index in [-0.39, 0.29) is 18.3 Å². The average Bonchev–Trinajstić information content (AvgIpc) is 2.59. The van der Waals surface area contributed by atoms with Crippen LogP contribution < -0.4 is 4.74 Å². The largest absolute Gasteiger partial charge is 0.490 e. The van der Waals surface area contributed by atoms with Gasteiger partial charge >= 0.3 is 7.12 Å². The van der Waals surface area contributed by atoms with Gasteiger partial charge in [-0.15, -0.1) is 0 Å². The maximum atomic E-state index is 6.02. The van der Waals surface area contributed by atoms with Gasteiger partial charge < -0.3 is 14.0 Å². The van der Waals surface area contributed by atoms with Crippen LogP contribution in [-0.2, 0) is 9.31 Å². The zero-order chi connectivity index (χ0) is 15.0. The molecule has 0 amide bonds. The summed E-state index contributed by atoms with van der Waals surface area (Å²) in [6.07, 6.45) is 3.76. The minimum Gasteiger partial charge on any atom is -0.481 e. The zero-order valence-corrected chi connectivity index (χ0v) is 13.1. The van der Waals surface area contributed by atoms with Crippen LogP contribution in [0.15, 0.2) is 23.8 Å². The molecule has 108 valence electrons. The Kier molecular flexibility index (Phi) is 3.94. The van der Waals surface area contributed by atoms with Crippen molar-refractivity contribution in [1.82, 2.24) is 4.98 Å². The fourth-order valence-corrected chi connectivity index (χ4v) is 1.99. The Hall–Kier alpha value is -1.33. The van der Waals surface area contributed by atoms with E-state index in [4.69, 9.17) is 14.0 Å². The molecule has 4 nitrogen and oxygen atoms in total. The number of methoxy groups -OCH3 is 1. The van der Waals surface area contributed by atoms with Crippen molar-refractivity contribution in [1.29, 1.82) is 0 Å². The Balaban J connectivity index is 2.19. The van der Waals surface area contributed by atoms with Gasteiger partial charge in [-0.25, -0.2) is 4.98 Å². The highest BCUT2D eigenvalue weighted by Crippen LogP contribution is 2.38. The van der Waals surface area contributed by atoms with Gasteiger partial charge in [-0.3, -0.25) is 0 Å². The third-order valence-electron chi connectivity index (χ3n) is 3.99.